The zero-order valence-corrected chi connectivity index (χ0v) is 19.4. The smallest absolute Gasteiger partial charge is 0.250 e. The van der Waals surface area contributed by atoms with Crippen LogP contribution in [0.3, 0.4) is 0 Å². The van der Waals surface area contributed by atoms with Crippen molar-refractivity contribution in [2.45, 2.75) is 55.6 Å². The summed E-state index contributed by atoms with van der Waals surface area (Å²) >= 11 is 1.28. The van der Waals surface area contributed by atoms with Crippen molar-refractivity contribution in [3.05, 3.63) is 54.3 Å². The first-order valence-corrected chi connectivity index (χ1v) is 11.8. The van der Waals surface area contributed by atoms with E-state index in [9.17, 15) is 14.0 Å². The van der Waals surface area contributed by atoms with Gasteiger partial charge in [0.15, 0.2) is 11.0 Å². The van der Waals surface area contributed by atoms with E-state index < -0.39 is 10.8 Å². The summed E-state index contributed by atoms with van der Waals surface area (Å²) in [5.41, 5.74) is 0.610. The molecule has 1 N–H and O–H groups in total. The number of amides is 2. The van der Waals surface area contributed by atoms with E-state index in [-0.39, 0.29) is 23.7 Å². The molecule has 1 saturated carbocycles. The van der Waals surface area contributed by atoms with Crippen LogP contribution in [0.1, 0.15) is 39.7 Å². The summed E-state index contributed by atoms with van der Waals surface area (Å²) < 4.78 is 16.4. The Labute approximate surface area is 195 Å². The van der Waals surface area contributed by atoms with Crippen LogP contribution in [0.2, 0.25) is 0 Å². The van der Waals surface area contributed by atoms with Crippen LogP contribution in [-0.4, -0.2) is 37.4 Å². The number of carbonyl (C=O) groups is 2. The average Bonchev–Trinajstić information content (AvgIpc) is 3.54. The molecule has 1 atom stereocenters. The van der Waals surface area contributed by atoms with Crippen molar-refractivity contribution in [3.8, 4) is 11.4 Å². The number of carbonyl (C=O) groups excluding carboxylic acids is 2. The molecule has 2 heterocycles. The van der Waals surface area contributed by atoms with Gasteiger partial charge in [-0.15, -0.1) is 10.2 Å². The minimum Gasteiger partial charge on any atom is -0.322 e. The highest BCUT2D eigenvalue weighted by atomic mass is 32.2. The van der Waals surface area contributed by atoms with Gasteiger partial charge in [0.2, 0.25) is 11.8 Å². The number of hydrogen-bond donors (Lipinski definition) is 1. The van der Waals surface area contributed by atoms with Gasteiger partial charge in [-0.2, -0.15) is 0 Å². The summed E-state index contributed by atoms with van der Waals surface area (Å²) in [7, 11) is 0. The third-order valence-electron chi connectivity index (χ3n) is 6.05. The average molecular weight is 466 g/mol. The Morgan fingerprint density at radius 3 is 2.58 bits per heavy atom. The van der Waals surface area contributed by atoms with Crippen LogP contribution < -0.4 is 10.2 Å². The molecule has 2 aromatic carbocycles. The van der Waals surface area contributed by atoms with E-state index in [1.54, 1.807) is 49.9 Å². The molecular formula is C24H24FN5O2S. The Kier molecular flexibility index (Phi) is 5.23. The second-order valence-electron chi connectivity index (χ2n) is 8.85. The van der Waals surface area contributed by atoms with Gasteiger partial charge in [-0.05, 0) is 57.9 Å². The number of nitrogens with one attached hydrogen (secondary N) is 1. The van der Waals surface area contributed by atoms with Crippen molar-refractivity contribution >= 4 is 35.0 Å². The molecule has 33 heavy (non-hydrogen) atoms. The van der Waals surface area contributed by atoms with E-state index in [1.165, 1.54) is 17.8 Å². The van der Waals surface area contributed by atoms with Crippen LogP contribution >= 0.6 is 11.8 Å². The minimum atomic E-state index is -1.05. The van der Waals surface area contributed by atoms with Gasteiger partial charge in [-0.1, -0.05) is 36.0 Å². The molecule has 0 radical (unpaired) electrons. The van der Waals surface area contributed by atoms with Crippen LogP contribution in [0.5, 0.6) is 0 Å². The van der Waals surface area contributed by atoms with Crippen LogP contribution in [-0.2, 0) is 9.59 Å². The lowest BCUT2D eigenvalue weighted by molar-refractivity contribution is -0.126. The topological polar surface area (TPSA) is 80.1 Å². The Morgan fingerprint density at radius 1 is 1.15 bits per heavy atom. The molecule has 2 aliphatic rings. The Hall–Kier alpha value is -3.20. The molecule has 0 bridgehead atoms. The van der Waals surface area contributed by atoms with Gasteiger partial charge in [-0.25, -0.2) is 4.39 Å². The van der Waals surface area contributed by atoms with Crippen molar-refractivity contribution in [2.75, 3.05) is 10.2 Å². The van der Waals surface area contributed by atoms with Crippen molar-refractivity contribution in [2.24, 2.45) is 0 Å². The standard InChI is InChI=1S/C24H24FN5O2S/c1-14(21(31)30-19-11-7-6-10-18(19)26-22(32)24(30,2)3)33-23-28-27-20(29(23)15-12-13-15)16-8-4-5-9-17(16)25/h4-11,14-15H,12-13H2,1-3H3,(H,26,32). The first-order valence-electron chi connectivity index (χ1n) is 10.9. The number of halogens is 1. The fraction of sp³-hybridized carbons (Fsp3) is 0.333. The van der Waals surface area contributed by atoms with Crippen LogP contribution in [0.4, 0.5) is 15.8 Å². The Morgan fingerprint density at radius 2 is 1.85 bits per heavy atom. The molecule has 2 amide bonds. The lowest BCUT2D eigenvalue weighted by Crippen LogP contribution is -2.60. The monoisotopic (exact) mass is 465 g/mol. The van der Waals surface area contributed by atoms with Gasteiger partial charge >= 0.3 is 0 Å². The fourth-order valence-electron chi connectivity index (χ4n) is 4.08. The SMILES string of the molecule is CC(Sc1nnc(-c2ccccc2F)n1C1CC1)C(=O)N1c2ccccc2NC(=O)C1(C)C. The normalized spacial score (nSPS) is 17.9. The van der Waals surface area contributed by atoms with E-state index >= 15 is 0 Å². The second kappa shape index (κ2) is 7.98. The summed E-state index contributed by atoms with van der Waals surface area (Å²) in [5, 5.41) is 11.5. The highest BCUT2D eigenvalue weighted by Gasteiger charge is 2.45. The van der Waals surface area contributed by atoms with Gasteiger partial charge < -0.3 is 5.32 Å². The van der Waals surface area contributed by atoms with E-state index in [0.29, 0.717) is 27.9 Å². The molecule has 5 rings (SSSR count). The highest BCUT2D eigenvalue weighted by Crippen LogP contribution is 2.43. The number of thioether (sulfide) groups is 1. The van der Waals surface area contributed by atoms with Gasteiger partial charge in [-0.3, -0.25) is 19.1 Å². The molecule has 0 saturated heterocycles. The third-order valence-corrected chi connectivity index (χ3v) is 7.09. The zero-order chi connectivity index (χ0) is 23.3. The number of fused-ring (bicyclic) bond motifs is 1. The molecule has 7 nitrogen and oxygen atoms in total. The summed E-state index contributed by atoms with van der Waals surface area (Å²) in [6.07, 6.45) is 1.92. The number of benzene rings is 2. The molecule has 0 spiro atoms. The predicted molar refractivity (Wildman–Crippen MR) is 126 cm³/mol. The molecule has 1 unspecified atom stereocenters. The largest absolute Gasteiger partial charge is 0.322 e. The van der Waals surface area contributed by atoms with Gasteiger partial charge in [0.05, 0.1) is 22.2 Å². The molecule has 1 aromatic heterocycles. The zero-order valence-electron chi connectivity index (χ0n) is 18.6. The summed E-state index contributed by atoms with van der Waals surface area (Å²) in [6, 6.07) is 14.0. The van der Waals surface area contributed by atoms with Crippen LogP contribution in [0.15, 0.2) is 53.7 Å². The van der Waals surface area contributed by atoms with Crippen molar-refractivity contribution < 1.29 is 14.0 Å². The Bertz CT molecular complexity index is 1250. The Balaban J connectivity index is 1.47. The van der Waals surface area contributed by atoms with E-state index in [4.69, 9.17) is 0 Å². The maximum atomic E-state index is 14.5. The third kappa shape index (κ3) is 3.70. The van der Waals surface area contributed by atoms with Gasteiger partial charge in [0, 0.05) is 6.04 Å². The molecular weight excluding hydrogens is 441 g/mol. The first-order chi connectivity index (χ1) is 15.8. The van der Waals surface area contributed by atoms with Crippen molar-refractivity contribution in [1.82, 2.24) is 14.8 Å². The molecule has 1 aliphatic carbocycles. The minimum absolute atomic E-state index is 0.192. The molecule has 3 aromatic rings. The van der Waals surface area contributed by atoms with Gasteiger partial charge in [0.25, 0.3) is 0 Å². The maximum absolute atomic E-state index is 14.5. The highest BCUT2D eigenvalue weighted by molar-refractivity contribution is 8.00. The number of anilines is 2. The predicted octanol–water partition coefficient (Wildman–Crippen LogP) is 4.66. The molecule has 1 aliphatic heterocycles. The second-order valence-corrected chi connectivity index (χ2v) is 10.2. The number of rotatable bonds is 5. The molecule has 1 fully saturated rings. The van der Waals surface area contributed by atoms with Crippen molar-refractivity contribution in [3.63, 3.8) is 0 Å². The van der Waals surface area contributed by atoms with Crippen molar-refractivity contribution in [1.29, 1.82) is 0 Å². The quantitative estimate of drug-likeness (QED) is 0.554. The first kappa shape index (κ1) is 21.6. The molecule has 9 heteroatoms. The van der Waals surface area contributed by atoms with Crippen LogP contribution in [0, 0.1) is 5.82 Å². The van der Waals surface area contributed by atoms with E-state index in [1.807, 2.05) is 22.8 Å². The van der Waals surface area contributed by atoms with Crippen LogP contribution in [0.25, 0.3) is 11.4 Å². The lowest BCUT2D eigenvalue weighted by Gasteiger charge is -2.43. The number of nitrogens with zero attached hydrogens (tertiary/aromatic N) is 4. The van der Waals surface area contributed by atoms with E-state index in [0.717, 1.165) is 12.8 Å². The fourth-order valence-corrected chi connectivity index (χ4v) is 5.04. The number of aromatic nitrogens is 3. The van der Waals surface area contributed by atoms with Gasteiger partial charge in [0.1, 0.15) is 11.4 Å². The number of hydrogen-bond acceptors (Lipinski definition) is 5. The maximum Gasteiger partial charge on any atom is 0.250 e. The summed E-state index contributed by atoms with van der Waals surface area (Å²) in [5.74, 6) is -0.328. The molecule has 170 valence electrons. The number of para-hydroxylation sites is 2. The summed E-state index contributed by atoms with van der Waals surface area (Å²) in [6.45, 7) is 5.26. The lowest BCUT2D eigenvalue weighted by atomic mass is 9.96. The van der Waals surface area contributed by atoms with E-state index in [2.05, 4.69) is 15.5 Å². The summed E-state index contributed by atoms with van der Waals surface area (Å²) in [4.78, 5) is 28.0.